The Morgan fingerprint density at radius 3 is 2.86 bits per heavy atom. The van der Waals surface area contributed by atoms with Gasteiger partial charge in [0.05, 0.1) is 6.61 Å². The van der Waals surface area contributed by atoms with Crippen LogP contribution in [0.1, 0.15) is 29.7 Å². The van der Waals surface area contributed by atoms with Crippen molar-refractivity contribution in [2.45, 2.75) is 32.3 Å². The van der Waals surface area contributed by atoms with E-state index < -0.39 is 0 Å². The van der Waals surface area contributed by atoms with Gasteiger partial charge in [0, 0.05) is 31.0 Å². The molecular formula is C17H21N3O. The average molecular weight is 283 g/mol. The molecule has 2 aromatic rings. The number of aryl methyl sites for hydroxylation is 1. The SMILES string of the molecule is CNc1nc(-c2cccc(COC)c2)nc2c1CCCC2. The van der Waals surface area contributed by atoms with E-state index in [4.69, 9.17) is 14.7 Å². The number of nitrogens with one attached hydrogen (secondary N) is 1. The molecule has 4 nitrogen and oxygen atoms in total. The summed E-state index contributed by atoms with van der Waals surface area (Å²) in [7, 11) is 3.64. The third-order valence-corrected chi connectivity index (χ3v) is 3.92. The van der Waals surface area contributed by atoms with E-state index >= 15 is 0 Å². The van der Waals surface area contributed by atoms with Crippen LogP contribution >= 0.6 is 0 Å². The van der Waals surface area contributed by atoms with Gasteiger partial charge in [0.2, 0.25) is 0 Å². The Morgan fingerprint density at radius 1 is 1.19 bits per heavy atom. The van der Waals surface area contributed by atoms with Crippen molar-refractivity contribution in [3.63, 3.8) is 0 Å². The second kappa shape index (κ2) is 6.22. The third-order valence-electron chi connectivity index (χ3n) is 3.92. The first-order valence-electron chi connectivity index (χ1n) is 7.47. The second-order valence-electron chi connectivity index (χ2n) is 5.41. The molecule has 1 aromatic carbocycles. The quantitative estimate of drug-likeness (QED) is 0.936. The largest absolute Gasteiger partial charge is 0.380 e. The minimum atomic E-state index is 0.609. The van der Waals surface area contributed by atoms with E-state index in [1.165, 1.54) is 24.1 Å². The van der Waals surface area contributed by atoms with E-state index in [-0.39, 0.29) is 0 Å². The fraction of sp³-hybridized carbons (Fsp3) is 0.412. The molecule has 0 radical (unpaired) electrons. The van der Waals surface area contributed by atoms with Crippen molar-refractivity contribution in [2.24, 2.45) is 0 Å². The lowest BCUT2D eigenvalue weighted by Crippen LogP contribution is -2.12. The molecule has 4 heteroatoms. The van der Waals surface area contributed by atoms with Gasteiger partial charge < -0.3 is 10.1 Å². The molecule has 0 saturated heterocycles. The zero-order valence-corrected chi connectivity index (χ0v) is 12.6. The second-order valence-corrected chi connectivity index (χ2v) is 5.41. The van der Waals surface area contributed by atoms with Crippen LogP contribution in [0, 0.1) is 0 Å². The summed E-state index contributed by atoms with van der Waals surface area (Å²) in [6.07, 6.45) is 4.58. The first-order valence-corrected chi connectivity index (χ1v) is 7.47. The maximum atomic E-state index is 5.20. The van der Waals surface area contributed by atoms with Crippen molar-refractivity contribution in [1.29, 1.82) is 0 Å². The van der Waals surface area contributed by atoms with E-state index in [1.807, 2.05) is 13.1 Å². The van der Waals surface area contributed by atoms with Crippen LogP contribution in [-0.4, -0.2) is 24.1 Å². The fourth-order valence-corrected chi connectivity index (χ4v) is 2.90. The van der Waals surface area contributed by atoms with Gasteiger partial charge in [-0.2, -0.15) is 0 Å². The number of ether oxygens (including phenoxy) is 1. The summed E-state index contributed by atoms with van der Waals surface area (Å²) < 4.78 is 5.20. The van der Waals surface area contributed by atoms with Crippen molar-refractivity contribution in [1.82, 2.24) is 9.97 Å². The van der Waals surface area contributed by atoms with Gasteiger partial charge in [-0.15, -0.1) is 0 Å². The number of anilines is 1. The highest BCUT2D eigenvalue weighted by Gasteiger charge is 2.17. The van der Waals surface area contributed by atoms with Crippen molar-refractivity contribution in [2.75, 3.05) is 19.5 Å². The van der Waals surface area contributed by atoms with Crippen molar-refractivity contribution < 1.29 is 4.74 Å². The Balaban J connectivity index is 2.04. The molecule has 21 heavy (non-hydrogen) atoms. The summed E-state index contributed by atoms with van der Waals surface area (Å²) in [5, 5.41) is 3.23. The molecular weight excluding hydrogens is 262 g/mol. The average Bonchev–Trinajstić information content (AvgIpc) is 2.54. The normalized spacial score (nSPS) is 13.8. The van der Waals surface area contributed by atoms with Gasteiger partial charge >= 0.3 is 0 Å². The standard InChI is InChI=1S/C17H21N3O/c1-18-17-14-8-3-4-9-15(14)19-16(20-17)13-7-5-6-12(10-13)11-21-2/h5-7,10H,3-4,8-9,11H2,1-2H3,(H,18,19,20). The van der Waals surface area contributed by atoms with Gasteiger partial charge in [-0.3, -0.25) is 0 Å². The number of methoxy groups -OCH3 is 1. The molecule has 0 aliphatic heterocycles. The van der Waals surface area contributed by atoms with Crippen LogP contribution in [-0.2, 0) is 24.2 Å². The van der Waals surface area contributed by atoms with Crippen LogP contribution in [0.4, 0.5) is 5.82 Å². The third kappa shape index (κ3) is 2.90. The summed E-state index contributed by atoms with van der Waals surface area (Å²) in [6.45, 7) is 0.609. The van der Waals surface area contributed by atoms with Crippen molar-refractivity contribution in [3.05, 3.63) is 41.1 Å². The molecule has 1 heterocycles. The Bertz CT molecular complexity index is 623. The van der Waals surface area contributed by atoms with Crippen LogP contribution in [0.15, 0.2) is 24.3 Å². The van der Waals surface area contributed by atoms with Gasteiger partial charge in [-0.1, -0.05) is 18.2 Å². The number of rotatable bonds is 4. The van der Waals surface area contributed by atoms with E-state index in [0.717, 1.165) is 35.6 Å². The number of aromatic nitrogens is 2. The maximum absolute atomic E-state index is 5.20. The Morgan fingerprint density at radius 2 is 2.05 bits per heavy atom. The minimum Gasteiger partial charge on any atom is -0.380 e. The zero-order valence-electron chi connectivity index (χ0n) is 12.6. The fourth-order valence-electron chi connectivity index (χ4n) is 2.90. The van der Waals surface area contributed by atoms with Crippen LogP contribution < -0.4 is 5.32 Å². The van der Waals surface area contributed by atoms with Crippen LogP contribution in [0.3, 0.4) is 0 Å². The number of nitrogens with zero attached hydrogens (tertiary/aromatic N) is 2. The molecule has 1 aliphatic carbocycles. The Kier molecular flexibility index (Phi) is 4.15. The Hall–Kier alpha value is -1.94. The van der Waals surface area contributed by atoms with E-state index in [1.54, 1.807) is 7.11 Å². The zero-order chi connectivity index (χ0) is 14.7. The van der Waals surface area contributed by atoms with Gasteiger partial charge in [-0.05, 0) is 37.3 Å². The first kappa shape index (κ1) is 14.0. The lowest BCUT2D eigenvalue weighted by atomic mass is 9.96. The van der Waals surface area contributed by atoms with Crippen LogP contribution in [0.2, 0.25) is 0 Å². The van der Waals surface area contributed by atoms with Gasteiger partial charge in [0.25, 0.3) is 0 Å². The summed E-state index contributed by atoms with van der Waals surface area (Å²) in [4.78, 5) is 9.51. The van der Waals surface area contributed by atoms with Gasteiger partial charge in [0.1, 0.15) is 5.82 Å². The lowest BCUT2D eigenvalue weighted by Gasteiger charge is -2.19. The Labute approximate surface area is 125 Å². The van der Waals surface area contributed by atoms with Crippen LogP contribution in [0.25, 0.3) is 11.4 Å². The topological polar surface area (TPSA) is 47.0 Å². The van der Waals surface area contributed by atoms with Gasteiger partial charge in [0.15, 0.2) is 5.82 Å². The van der Waals surface area contributed by atoms with Crippen molar-refractivity contribution >= 4 is 5.82 Å². The number of hydrogen-bond donors (Lipinski definition) is 1. The maximum Gasteiger partial charge on any atom is 0.161 e. The molecule has 1 aromatic heterocycles. The molecule has 0 unspecified atom stereocenters. The predicted molar refractivity (Wildman–Crippen MR) is 84.4 cm³/mol. The van der Waals surface area contributed by atoms with Crippen molar-refractivity contribution in [3.8, 4) is 11.4 Å². The summed E-state index contributed by atoms with van der Waals surface area (Å²) in [6, 6.07) is 8.26. The molecule has 0 amide bonds. The first-order chi connectivity index (χ1) is 10.3. The van der Waals surface area contributed by atoms with E-state index in [9.17, 15) is 0 Å². The molecule has 110 valence electrons. The molecule has 0 spiro atoms. The minimum absolute atomic E-state index is 0.609. The highest BCUT2D eigenvalue weighted by atomic mass is 16.5. The smallest absolute Gasteiger partial charge is 0.161 e. The van der Waals surface area contributed by atoms with Crippen LogP contribution in [0.5, 0.6) is 0 Å². The summed E-state index contributed by atoms with van der Waals surface area (Å²) >= 11 is 0. The number of hydrogen-bond acceptors (Lipinski definition) is 4. The molecule has 0 atom stereocenters. The predicted octanol–water partition coefficient (Wildman–Crippen LogP) is 3.21. The highest BCUT2D eigenvalue weighted by molar-refractivity contribution is 5.61. The molecule has 0 saturated carbocycles. The molecule has 1 aliphatic rings. The number of benzene rings is 1. The van der Waals surface area contributed by atoms with Gasteiger partial charge in [-0.25, -0.2) is 9.97 Å². The molecule has 3 rings (SSSR count). The summed E-state index contributed by atoms with van der Waals surface area (Å²) in [5.74, 6) is 1.78. The monoisotopic (exact) mass is 283 g/mol. The highest BCUT2D eigenvalue weighted by Crippen LogP contribution is 2.28. The van der Waals surface area contributed by atoms with E-state index in [2.05, 4.69) is 23.5 Å². The molecule has 0 fully saturated rings. The summed E-state index contributed by atoms with van der Waals surface area (Å²) in [5.41, 5.74) is 4.69. The lowest BCUT2D eigenvalue weighted by molar-refractivity contribution is 0.185. The van der Waals surface area contributed by atoms with E-state index in [0.29, 0.717) is 6.61 Å². The number of fused-ring (bicyclic) bond motifs is 1. The molecule has 1 N–H and O–H groups in total. The molecule has 0 bridgehead atoms.